The molecule has 1 N–H and O–H groups in total. The van der Waals surface area contributed by atoms with Gasteiger partial charge in [-0.15, -0.1) is 0 Å². The highest BCUT2D eigenvalue weighted by Crippen LogP contribution is 2.31. The molecule has 4 rings (SSSR count). The van der Waals surface area contributed by atoms with Crippen LogP contribution >= 0.6 is 11.6 Å². The maximum atomic E-state index is 14.7. The van der Waals surface area contributed by atoms with Crippen LogP contribution in [0.1, 0.15) is 63.2 Å². The lowest BCUT2D eigenvalue weighted by molar-refractivity contribution is -0.0621. The predicted molar refractivity (Wildman–Crippen MR) is 138 cm³/mol. The number of nitrogens with zero attached hydrogens (tertiary/aromatic N) is 2. The van der Waals surface area contributed by atoms with Crippen molar-refractivity contribution in [2.45, 2.75) is 70.7 Å². The van der Waals surface area contributed by atoms with Gasteiger partial charge in [0.1, 0.15) is 17.2 Å². The van der Waals surface area contributed by atoms with Crippen LogP contribution in [0.25, 0.3) is 0 Å². The minimum atomic E-state index is -4.21. The number of likely N-dealkylation sites (tertiary alicyclic amines) is 1. The summed E-state index contributed by atoms with van der Waals surface area (Å²) in [4.78, 5) is 26.3. The van der Waals surface area contributed by atoms with Crippen LogP contribution in [0.4, 0.5) is 9.18 Å². The lowest BCUT2D eigenvalue weighted by Crippen LogP contribution is -2.59. The molecule has 2 amide bonds. The largest absolute Gasteiger partial charge is 0.492 e. The Bertz CT molecular complexity index is 1150. The van der Waals surface area contributed by atoms with E-state index in [0.717, 1.165) is 42.1 Å². The van der Waals surface area contributed by atoms with E-state index in [1.807, 2.05) is 4.72 Å². The Morgan fingerprint density at radius 3 is 2.45 bits per heavy atom. The highest BCUT2D eigenvalue weighted by Gasteiger charge is 2.40. The average Bonchev–Trinajstić information content (AvgIpc) is 3.46. The SMILES string of the molecule is CC(C)(C)OC(=O)N1CC[C@@H](OC2CN(S(=O)(=O)NC(=O)c3cc(Cl)c(OCC4CCCC4)cc3F)C2)C1. The Morgan fingerprint density at radius 1 is 1.11 bits per heavy atom. The maximum Gasteiger partial charge on any atom is 0.410 e. The van der Waals surface area contributed by atoms with Crippen LogP contribution < -0.4 is 9.46 Å². The highest BCUT2D eigenvalue weighted by atomic mass is 35.5. The van der Waals surface area contributed by atoms with Gasteiger partial charge in [-0.05, 0) is 52.0 Å². The monoisotopic (exact) mass is 575 g/mol. The molecule has 2 heterocycles. The molecule has 38 heavy (non-hydrogen) atoms. The van der Waals surface area contributed by atoms with Crippen molar-refractivity contribution in [1.29, 1.82) is 0 Å². The van der Waals surface area contributed by atoms with E-state index in [1.54, 1.807) is 25.7 Å². The normalized spacial score (nSPS) is 21.4. The minimum absolute atomic E-state index is 0.0290. The summed E-state index contributed by atoms with van der Waals surface area (Å²) in [5.74, 6) is -1.54. The molecule has 0 bridgehead atoms. The Hall–Kier alpha value is -2.15. The lowest BCUT2D eigenvalue weighted by Gasteiger charge is -2.38. The van der Waals surface area contributed by atoms with Gasteiger partial charge in [0.25, 0.3) is 5.91 Å². The van der Waals surface area contributed by atoms with Gasteiger partial charge in [-0.3, -0.25) is 4.79 Å². The van der Waals surface area contributed by atoms with Crippen LogP contribution in [0.15, 0.2) is 12.1 Å². The second-order valence-electron chi connectivity index (χ2n) is 11.1. The summed E-state index contributed by atoms with van der Waals surface area (Å²) in [6.07, 6.45) is 3.95. The van der Waals surface area contributed by atoms with Crippen molar-refractivity contribution in [3.8, 4) is 5.75 Å². The van der Waals surface area contributed by atoms with E-state index in [-0.39, 0.29) is 36.1 Å². The van der Waals surface area contributed by atoms with Gasteiger partial charge in [-0.1, -0.05) is 24.4 Å². The van der Waals surface area contributed by atoms with E-state index in [0.29, 0.717) is 32.0 Å². The number of ether oxygens (including phenoxy) is 3. The summed E-state index contributed by atoms with van der Waals surface area (Å²) in [7, 11) is -4.21. The molecule has 3 fully saturated rings. The predicted octanol–water partition coefficient (Wildman–Crippen LogP) is 3.73. The Labute approximate surface area is 227 Å². The molecule has 10 nitrogen and oxygen atoms in total. The Balaban J connectivity index is 1.25. The number of rotatable bonds is 8. The van der Waals surface area contributed by atoms with Gasteiger partial charge in [-0.2, -0.15) is 12.7 Å². The van der Waals surface area contributed by atoms with Crippen LogP contribution in [0.3, 0.4) is 0 Å². The zero-order valence-electron chi connectivity index (χ0n) is 21.9. The molecule has 2 aliphatic heterocycles. The van der Waals surface area contributed by atoms with Crippen LogP contribution in [-0.2, 0) is 19.7 Å². The first-order valence-corrected chi connectivity index (χ1v) is 14.7. The summed E-state index contributed by atoms with van der Waals surface area (Å²) in [5.41, 5.74) is -1.09. The molecule has 2 saturated heterocycles. The first-order valence-electron chi connectivity index (χ1n) is 12.9. The van der Waals surface area contributed by atoms with Gasteiger partial charge in [0.15, 0.2) is 0 Å². The van der Waals surface area contributed by atoms with Gasteiger partial charge in [0, 0.05) is 25.7 Å². The van der Waals surface area contributed by atoms with Gasteiger partial charge in [0.05, 0.1) is 35.9 Å². The van der Waals surface area contributed by atoms with E-state index >= 15 is 0 Å². The summed E-state index contributed by atoms with van der Waals surface area (Å²) in [5, 5.41) is 0.0290. The fourth-order valence-corrected chi connectivity index (χ4v) is 6.14. The van der Waals surface area contributed by atoms with E-state index in [9.17, 15) is 22.4 Å². The van der Waals surface area contributed by atoms with E-state index in [4.69, 9.17) is 25.8 Å². The van der Waals surface area contributed by atoms with Crippen molar-refractivity contribution in [2.75, 3.05) is 32.8 Å². The molecule has 1 aromatic rings. The number of benzene rings is 1. The summed E-state index contributed by atoms with van der Waals surface area (Å²) < 4.78 is 59.8. The number of amides is 2. The second kappa shape index (κ2) is 11.5. The second-order valence-corrected chi connectivity index (χ2v) is 13.2. The van der Waals surface area contributed by atoms with Gasteiger partial charge in [-0.25, -0.2) is 13.9 Å². The summed E-state index contributed by atoms with van der Waals surface area (Å²) >= 11 is 6.18. The van der Waals surface area contributed by atoms with E-state index < -0.39 is 39.2 Å². The molecular weight excluding hydrogens is 541 g/mol. The van der Waals surface area contributed by atoms with Crippen LogP contribution in [0.5, 0.6) is 5.75 Å². The van der Waals surface area contributed by atoms with Crippen molar-refractivity contribution >= 4 is 33.8 Å². The lowest BCUT2D eigenvalue weighted by atomic mass is 10.1. The van der Waals surface area contributed by atoms with Crippen LogP contribution in [-0.4, -0.2) is 80.2 Å². The molecule has 1 aliphatic carbocycles. The van der Waals surface area contributed by atoms with Gasteiger partial charge >= 0.3 is 16.3 Å². The fourth-order valence-electron chi connectivity index (χ4n) is 4.72. The Morgan fingerprint density at radius 2 is 1.79 bits per heavy atom. The molecule has 3 aliphatic rings. The third-order valence-electron chi connectivity index (χ3n) is 6.77. The molecule has 212 valence electrons. The summed E-state index contributed by atoms with van der Waals surface area (Å²) in [6, 6.07) is 2.08. The maximum absolute atomic E-state index is 14.7. The zero-order valence-corrected chi connectivity index (χ0v) is 23.4. The summed E-state index contributed by atoms with van der Waals surface area (Å²) in [6.45, 7) is 6.70. The van der Waals surface area contributed by atoms with Crippen LogP contribution in [0.2, 0.25) is 5.02 Å². The number of nitrogens with one attached hydrogen (secondary N) is 1. The fraction of sp³-hybridized carbons (Fsp3) is 0.680. The van der Waals surface area contributed by atoms with Crippen molar-refractivity contribution in [2.24, 2.45) is 5.92 Å². The molecule has 0 unspecified atom stereocenters. The van der Waals surface area contributed by atoms with Gasteiger partial charge in [0.2, 0.25) is 0 Å². The smallest absolute Gasteiger partial charge is 0.410 e. The molecule has 13 heteroatoms. The first kappa shape index (κ1) is 28.8. The number of hydrogen-bond donors (Lipinski definition) is 1. The molecule has 0 spiro atoms. The van der Waals surface area contributed by atoms with E-state index in [1.165, 1.54) is 0 Å². The third-order valence-corrected chi connectivity index (χ3v) is 8.49. The number of halogens is 2. The molecule has 1 atom stereocenters. The zero-order chi connectivity index (χ0) is 27.7. The molecule has 1 saturated carbocycles. The van der Waals surface area contributed by atoms with Crippen molar-refractivity contribution in [1.82, 2.24) is 13.9 Å². The van der Waals surface area contributed by atoms with E-state index in [2.05, 4.69) is 0 Å². The first-order chi connectivity index (χ1) is 17.8. The van der Waals surface area contributed by atoms with Crippen molar-refractivity contribution < 1.29 is 36.6 Å². The number of hydrogen-bond acceptors (Lipinski definition) is 7. The number of carbonyl (C=O) groups is 2. The number of carbonyl (C=O) groups excluding carboxylic acids is 2. The Kier molecular flexibility index (Phi) is 8.75. The highest BCUT2D eigenvalue weighted by molar-refractivity contribution is 7.87. The molecule has 0 radical (unpaired) electrons. The average molecular weight is 576 g/mol. The third kappa shape index (κ3) is 7.28. The quantitative estimate of drug-likeness (QED) is 0.502. The molecule has 1 aromatic carbocycles. The molecular formula is C25H35ClFN3O7S. The standard InChI is InChI=1S/C25H35ClFN3O7S/c1-25(2,3)37-24(32)29-9-8-17(12-29)36-18-13-30(14-18)38(33,34)28-23(31)19-10-20(26)22(11-21(19)27)35-15-16-6-4-5-7-16/h10-11,16-18H,4-9,12-15H2,1-3H3,(H,28,31)/t17-/m1/s1. The topological polar surface area (TPSA) is 114 Å². The van der Waals surface area contributed by atoms with Crippen molar-refractivity contribution in [3.63, 3.8) is 0 Å². The minimum Gasteiger partial charge on any atom is -0.492 e. The van der Waals surface area contributed by atoms with Crippen molar-refractivity contribution in [3.05, 3.63) is 28.5 Å². The van der Waals surface area contributed by atoms with Crippen LogP contribution in [0, 0.1) is 11.7 Å². The van der Waals surface area contributed by atoms with Gasteiger partial charge < -0.3 is 19.1 Å². The molecule has 0 aromatic heterocycles.